The molecule has 3 nitrogen and oxygen atoms in total. The third-order valence-corrected chi connectivity index (χ3v) is 23.7. The lowest BCUT2D eigenvalue weighted by atomic mass is 9.94. The van der Waals surface area contributed by atoms with Crippen LogP contribution in [0.5, 0.6) is 0 Å². The van der Waals surface area contributed by atoms with Crippen LogP contribution in [-0.4, -0.2) is 13.7 Å². The number of nitrogens with zero attached hydrogens (tertiary/aromatic N) is 3. The van der Waals surface area contributed by atoms with Gasteiger partial charge in [0.15, 0.2) is 0 Å². The molecular weight excluding hydrogens is 1380 g/mol. The Morgan fingerprint density at radius 2 is 0.532 bits per heavy atom. The topological polar surface area (TPSA) is 14.8 Å². The van der Waals surface area contributed by atoms with Gasteiger partial charge in [0, 0.05) is 53.9 Å². The first-order valence-corrected chi connectivity index (χ1v) is 38.4. The van der Waals surface area contributed by atoms with Crippen molar-refractivity contribution in [2.24, 2.45) is 0 Å². The highest BCUT2D eigenvalue weighted by atomic mass is 79.9. The molecule has 3 aliphatic carbocycles. The van der Waals surface area contributed by atoms with Gasteiger partial charge in [-0.05, 0) is 236 Å². The second-order valence-corrected chi connectivity index (χ2v) is 30.0. The van der Waals surface area contributed by atoms with Crippen molar-refractivity contribution in [3.63, 3.8) is 0 Å². The van der Waals surface area contributed by atoms with Crippen molar-refractivity contribution < 1.29 is 0 Å². The Balaban J connectivity index is 0.000000112. The van der Waals surface area contributed by atoms with Gasteiger partial charge in [-0.25, -0.2) is 0 Å². The maximum atomic E-state index is 3.59. The molecule has 0 unspecified atom stereocenters. The molecule has 0 atom stereocenters. The van der Waals surface area contributed by atoms with E-state index in [1.165, 1.54) is 210 Å². The maximum absolute atomic E-state index is 3.59. The molecule has 18 aromatic carbocycles. The van der Waals surface area contributed by atoms with Crippen LogP contribution in [0.2, 0.25) is 0 Å². The molecule has 0 bridgehead atoms. The van der Waals surface area contributed by atoms with Crippen molar-refractivity contribution in [2.75, 3.05) is 0 Å². The molecule has 0 N–H and O–H groups in total. The monoisotopic (exact) mass is 1450 g/mol. The average Bonchev–Trinajstić information content (AvgIpc) is 1.61. The van der Waals surface area contributed by atoms with Crippen LogP contribution in [0.15, 0.2) is 393 Å². The predicted octanol–water partition coefficient (Wildman–Crippen LogP) is 29.0. The van der Waals surface area contributed by atoms with Crippen molar-refractivity contribution >= 4 is 103 Å². The van der Waals surface area contributed by atoms with E-state index in [4.69, 9.17) is 0 Å². The number of halogens is 1. The minimum atomic E-state index is 1.03. The fraction of sp³-hybridized carbons (Fsp3) is 0.00952. The molecule has 0 fully saturated rings. The molecule has 3 aliphatic rings. The Morgan fingerprint density at radius 3 is 1.08 bits per heavy atom. The van der Waals surface area contributed by atoms with Gasteiger partial charge in [-0.1, -0.05) is 307 Å². The summed E-state index contributed by atoms with van der Waals surface area (Å²) in [5.41, 5.74) is 37.1. The first-order valence-electron chi connectivity index (χ1n) is 37.6. The average molecular weight is 1450 g/mol. The van der Waals surface area contributed by atoms with Gasteiger partial charge >= 0.3 is 0 Å². The van der Waals surface area contributed by atoms with Crippen LogP contribution < -0.4 is 0 Å². The van der Waals surface area contributed by atoms with Gasteiger partial charge in [-0.15, -0.1) is 0 Å². The Morgan fingerprint density at radius 1 is 0.174 bits per heavy atom. The van der Waals surface area contributed by atoms with Gasteiger partial charge in [0.05, 0.1) is 33.1 Å². The molecule has 0 amide bonds. The van der Waals surface area contributed by atoms with Crippen molar-refractivity contribution in [1.29, 1.82) is 0 Å². The normalized spacial score (nSPS) is 12.0. The van der Waals surface area contributed by atoms with E-state index >= 15 is 0 Å². The largest absolute Gasteiger partial charge is 0.309 e. The van der Waals surface area contributed by atoms with Gasteiger partial charge in [-0.3, -0.25) is 0 Å². The first-order chi connectivity index (χ1) is 54.0. The summed E-state index contributed by atoms with van der Waals surface area (Å²) in [6.45, 7) is 0. The van der Waals surface area contributed by atoms with E-state index in [2.05, 4.69) is 418 Å². The molecule has 3 heterocycles. The fourth-order valence-electron chi connectivity index (χ4n) is 18.3. The summed E-state index contributed by atoms with van der Waals surface area (Å²) >= 11 is 3.59. The zero-order valence-electron chi connectivity index (χ0n) is 59.4. The fourth-order valence-corrected chi connectivity index (χ4v) is 18.7. The van der Waals surface area contributed by atoms with E-state index < -0.39 is 0 Å². The molecular formula is C105H66BrN3. The Kier molecular flexibility index (Phi) is 14.5. The molecule has 0 aliphatic heterocycles. The van der Waals surface area contributed by atoms with Crippen LogP contribution in [0.4, 0.5) is 0 Å². The van der Waals surface area contributed by atoms with Crippen molar-refractivity contribution in [1.82, 2.24) is 13.7 Å². The molecule has 3 aromatic heterocycles. The summed E-state index contributed by atoms with van der Waals surface area (Å²) in [6, 6.07) is 142. The highest BCUT2D eigenvalue weighted by Gasteiger charge is 2.26. The Bertz CT molecular complexity index is 7270. The number of aromatic nitrogens is 3. The lowest BCUT2D eigenvalue weighted by molar-refractivity contribution is 1.18. The molecule has 0 saturated carbocycles. The van der Waals surface area contributed by atoms with Crippen LogP contribution in [0.3, 0.4) is 0 Å². The number of fused-ring (bicyclic) bond motifs is 18. The molecule has 21 aromatic rings. The van der Waals surface area contributed by atoms with Crippen molar-refractivity contribution in [2.45, 2.75) is 6.42 Å². The summed E-state index contributed by atoms with van der Waals surface area (Å²) in [5, 5.41) is 13.0. The van der Waals surface area contributed by atoms with Crippen molar-refractivity contribution in [3.8, 4) is 117 Å². The summed E-state index contributed by atoms with van der Waals surface area (Å²) in [4.78, 5) is 0. The second-order valence-electron chi connectivity index (χ2n) is 29.1. The van der Waals surface area contributed by atoms with E-state index in [0.717, 1.165) is 16.6 Å². The molecule has 24 rings (SSSR count). The molecule has 0 spiro atoms. The second kappa shape index (κ2) is 25.3. The van der Waals surface area contributed by atoms with Crippen LogP contribution in [0, 0.1) is 0 Å². The van der Waals surface area contributed by atoms with Crippen molar-refractivity contribution in [3.05, 3.63) is 404 Å². The van der Waals surface area contributed by atoms with Crippen LogP contribution in [-0.2, 0) is 6.42 Å². The minimum Gasteiger partial charge on any atom is -0.309 e. The predicted molar refractivity (Wildman–Crippen MR) is 464 cm³/mol. The van der Waals surface area contributed by atoms with Gasteiger partial charge in [0.25, 0.3) is 0 Å². The smallest absolute Gasteiger partial charge is 0.0547 e. The molecule has 4 heteroatoms. The Hall–Kier alpha value is -13.6. The van der Waals surface area contributed by atoms with Crippen LogP contribution in [0.25, 0.3) is 204 Å². The molecule has 508 valence electrons. The third kappa shape index (κ3) is 10.1. The van der Waals surface area contributed by atoms with E-state index in [1.807, 2.05) is 0 Å². The maximum Gasteiger partial charge on any atom is 0.0547 e. The van der Waals surface area contributed by atoms with E-state index in [1.54, 1.807) is 0 Å². The lowest BCUT2D eigenvalue weighted by Gasteiger charge is -2.13. The Labute approximate surface area is 639 Å². The molecule has 109 heavy (non-hydrogen) atoms. The number of rotatable bonds is 7. The number of hydrogen-bond acceptors (Lipinski definition) is 0. The summed E-state index contributed by atoms with van der Waals surface area (Å²) in [5.74, 6) is 0. The highest BCUT2D eigenvalue weighted by molar-refractivity contribution is 9.10. The van der Waals surface area contributed by atoms with Gasteiger partial charge in [0.2, 0.25) is 0 Å². The van der Waals surface area contributed by atoms with Crippen LogP contribution in [0.1, 0.15) is 11.1 Å². The molecule has 0 saturated heterocycles. The number of hydrogen-bond donors (Lipinski definition) is 0. The summed E-state index contributed by atoms with van der Waals surface area (Å²) in [7, 11) is 0. The molecule has 0 radical (unpaired) electrons. The standard InChI is InChI=1S/C52H32N2.C31H21N.C22H13Br/c1-2-13-36(14-3-1)53-48-22-8-6-18-41(48)43-26-24-34(32-51(43)53)33-25-29-50-47(31-33)42-19-7-9-23-49(42)54(50)37-15-10-12-35(30-37)38-27-28-46-40-17-5-4-16-39(40)45-21-11-20-44(38)52(45)46;1-2-9-25(10-3-1)32-30-13-7-6-12-27(30)28-17-16-22(20-31(28)32)21-14-15-24-18-23-8-4-5-11-26(23)29(24)19-21;23-15-6-3-5-14(13-15)16-11-12-21-18-8-2-1-7-17(18)20-10-4-9-19(16)22(20)21/h1-32H;1-17,19-20H,18H2;1-13H. The third-order valence-electron chi connectivity index (χ3n) is 23.2. The number of benzene rings is 18. The quantitative estimate of drug-likeness (QED) is 0.151. The zero-order valence-corrected chi connectivity index (χ0v) is 61.0. The lowest BCUT2D eigenvalue weighted by Crippen LogP contribution is -1.95. The van der Waals surface area contributed by atoms with Gasteiger partial charge < -0.3 is 13.7 Å². The van der Waals surface area contributed by atoms with E-state index in [9.17, 15) is 0 Å². The first kappa shape index (κ1) is 62.7. The SMILES string of the molecule is Brc1cccc(-c2ccc3c4c(cccc24)-c2ccccc2-3)c1.c1ccc(-n2c3ccccc3c3ccc(-c4ccc5c(c4)-c4ccccc4C5)cc32)cc1.c1ccc(-n2c3ccccc3c3ccc(-c4ccc5c(c4)c4ccccc4n5-c4cccc(-c5ccc6c7c(cccc57)-c5ccccc5-6)c4)cc32)cc1. The zero-order chi connectivity index (χ0) is 71.8. The van der Waals surface area contributed by atoms with Gasteiger partial charge in [-0.2, -0.15) is 0 Å². The van der Waals surface area contributed by atoms with E-state index in [-0.39, 0.29) is 0 Å². The van der Waals surface area contributed by atoms with Gasteiger partial charge in [0.1, 0.15) is 0 Å². The number of para-hydroxylation sites is 5. The highest BCUT2D eigenvalue weighted by Crippen LogP contribution is 2.52. The van der Waals surface area contributed by atoms with Crippen LogP contribution >= 0.6 is 15.9 Å². The minimum absolute atomic E-state index is 1.03. The summed E-state index contributed by atoms with van der Waals surface area (Å²) < 4.78 is 8.33. The van der Waals surface area contributed by atoms with E-state index in [0.29, 0.717) is 0 Å². The summed E-state index contributed by atoms with van der Waals surface area (Å²) in [6.07, 6.45) is 1.03.